The van der Waals surface area contributed by atoms with Gasteiger partial charge in [0.1, 0.15) is 17.1 Å². The lowest BCUT2D eigenvalue weighted by Gasteiger charge is -2.21. The molecule has 5 rings (SSSR count). The summed E-state index contributed by atoms with van der Waals surface area (Å²) >= 11 is 0. The van der Waals surface area contributed by atoms with E-state index in [1.165, 1.54) is 6.08 Å². The minimum absolute atomic E-state index is 0.00546. The molecule has 9 nitrogen and oxygen atoms in total. The number of phosphoric acid groups is 1. The molecule has 3 heterocycles. The maximum atomic E-state index is 12.4. The molecule has 0 amide bonds. The highest BCUT2D eigenvalue weighted by atomic mass is 31.2. The Morgan fingerprint density at radius 2 is 1.45 bits per heavy atom. The number of allylic oxidation sites excluding steroid dienone is 1. The number of hydrogen-bond acceptors (Lipinski definition) is 8. The predicted octanol–water partition coefficient (Wildman–Crippen LogP) is 1.77. The van der Waals surface area contributed by atoms with Gasteiger partial charge in [0, 0.05) is 45.3 Å². The first-order chi connectivity index (χ1) is 14.7. The smallest absolute Gasteiger partial charge is 0.404 e. The van der Waals surface area contributed by atoms with E-state index in [0.29, 0.717) is 22.8 Å². The third kappa shape index (κ3) is 5.55. The molecule has 0 aromatic heterocycles. The normalized spacial score (nSPS) is 21.4. The van der Waals surface area contributed by atoms with Crippen molar-refractivity contribution in [3.63, 3.8) is 0 Å². The highest BCUT2D eigenvalue weighted by Crippen LogP contribution is 2.44. The van der Waals surface area contributed by atoms with E-state index in [1.807, 2.05) is 14.7 Å². The van der Waals surface area contributed by atoms with Gasteiger partial charge >= 0.3 is 7.82 Å². The van der Waals surface area contributed by atoms with Crippen molar-refractivity contribution >= 4 is 19.4 Å². The van der Waals surface area contributed by atoms with Gasteiger partial charge in [-0.25, -0.2) is 4.57 Å². The standard InChI is InChI=1S/C12H13N3O2.C9H13O4P/c16-9-7-8(13-1-2-13)12(17)11(15-5-6-15)10(9)14-3-4-14;1-8(2)12-14(10,11)13-9-6-4-3-5-7-9/h7H,1-6H2;3-8H,1-2H3,(H,10,11). The molecule has 0 bridgehead atoms. The second kappa shape index (κ2) is 8.49. The number of phosphoric ester groups is 1. The van der Waals surface area contributed by atoms with E-state index in [1.54, 1.807) is 44.2 Å². The van der Waals surface area contributed by atoms with Gasteiger partial charge in [0.15, 0.2) is 0 Å². The van der Waals surface area contributed by atoms with Crippen LogP contribution >= 0.6 is 7.82 Å². The molecule has 31 heavy (non-hydrogen) atoms. The van der Waals surface area contributed by atoms with Gasteiger partial charge in [0.2, 0.25) is 11.6 Å². The summed E-state index contributed by atoms with van der Waals surface area (Å²) in [5, 5.41) is 0. The van der Waals surface area contributed by atoms with Crippen molar-refractivity contribution in [2.75, 3.05) is 39.3 Å². The van der Waals surface area contributed by atoms with Crippen LogP contribution in [0.1, 0.15) is 13.8 Å². The van der Waals surface area contributed by atoms with Crippen LogP contribution in [0.2, 0.25) is 0 Å². The fourth-order valence-electron chi connectivity index (χ4n) is 3.18. The quantitative estimate of drug-likeness (QED) is 0.381. The second-order valence-electron chi connectivity index (χ2n) is 7.91. The lowest BCUT2D eigenvalue weighted by Crippen LogP contribution is -2.29. The Kier molecular flexibility index (Phi) is 5.92. The van der Waals surface area contributed by atoms with Gasteiger partial charge in [-0.15, -0.1) is 0 Å². The summed E-state index contributed by atoms with van der Waals surface area (Å²) in [6.07, 6.45) is 1.17. The number of rotatable bonds is 7. The van der Waals surface area contributed by atoms with Crippen molar-refractivity contribution < 1.29 is 28.1 Å². The SMILES string of the molecule is CC(C)OP(=O)(O)Oc1ccccc1.O=C1C=C(N2CC2)C(=O)C(N2CC2)=C1N1CC1. The Morgan fingerprint density at radius 1 is 0.903 bits per heavy atom. The molecule has 1 unspecified atom stereocenters. The van der Waals surface area contributed by atoms with E-state index in [9.17, 15) is 19.0 Å². The third-order valence-electron chi connectivity index (χ3n) is 4.80. The summed E-state index contributed by atoms with van der Waals surface area (Å²) < 4.78 is 20.8. The lowest BCUT2D eigenvalue weighted by atomic mass is 10.0. The molecule has 0 radical (unpaired) electrons. The molecule has 1 aromatic rings. The average Bonchev–Trinajstić information content (AvgIpc) is 3.54. The first-order valence-corrected chi connectivity index (χ1v) is 11.8. The van der Waals surface area contributed by atoms with Crippen LogP contribution < -0.4 is 4.52 Å². The summed E-state index contributed by atoms with van der Waals surface area (Å²) in [5.74, 6) is 0.367. The molecule has 3 saturated heterocycles. The molecule has 1 atom stereocenters. The molecule has 10 heteroatoms. The van der Waals surface area contributed by atoms with Crippen molar-refractivity contribution in [2.45, 2.75) is 20.0 Å². The van der Waals surface area contributed by atoms with Crippen LogP contribution in [0.3, 0.4) is 0 Å². The van der Waals surface area contributed by atoms with Crippen molar-refractivity contribution in [1.82, 2.24) is 14.7 Å². The van der Waals surface area contributed by atoms with E-state index in [2.05, 4.69) is 0 Å². The Bertz CT molecular complexity index is 978. The van der Waals surface area contributed by atoms with E-state index >= 15 is 0 Å². The van der Waals surface area contributed by atoms with Gasteiger partial charge in [0.05, 0.1) is 11.8 Å². The summed E-state index contributed by atoms with van der Waals surface area (Å²) in [6.45, 7) is 8.73. The maximum Gasteiger partial charge on any atom is 0.527 e. The molecule has 0 saturated carbocycles. The highest BCUT2D eigenvalue weighted by Gasteiger charge is 2.43. The number of carbonyl (C=O) groups is 2. The molecule has 3 aliphatic heterocycles. The van der Waals surface area contributed by atoms with Crippen LogP contribution in [0.25, 0.3) is 0 Å². The predicted molar refractivity (Wildman–Crippen MR) is 113 cm³/mol. The molecule has 1 aliphatic carbocycles. The monoisotopic (exact) mass is 447 g/mol. The Hall–Kier alpha value is -2.61. The van der Waals surface area contributed by atoms with Crippen molar-refractivity contribution in [3.8, 4) is 5.75 Å². The molecule has 166 valence electrons. The summed E-state index contributed by atoms with van der Waals surface area (Å²) in [4.78, 5) is 39.7. The van der Waals surface area contributed by atoms with Gasteiger partial charge in [-0.3, -0.25) is 19.0 Å². The number of carbonyl (C=O) groups excluding carboxylic acids is 2. The van der Waals surface area contributed by atoms with Crippen LogP contribution in [0, 0.1) is 0 Å². The number of ketones is 2. The van der Waals surface area contributed by atoms with E-state index in [0.717, 1.165) is 39.3 Å². The van der Waals surface area contributed by atoms with E-state index < -0.39 is 7.82 Å². The number of hydrogen-bond donors (Lipinski definition) is 1. The number of para-hydroxylation sites is 1. The third-order valence-corrected chi connectivity index (χ3v) is 5.93. The maximum absolute atomic E-state index is 12.4. The Morgan fingerprint density at radius 3 is 1.97 bits per heavy atom. The van der Waals surface area contributed by atoms with E-state index in [-0.39, 0.29) is 17.7 Å². The first kappa shape index (κ1) is 21.6. The van der Waals surface area contributed by atoms with Gasteiger partial charge in [-0.1, -0.05) is 18.2 Å². The number of benzene rings is 1. The van der Waals surface area contributed by atoms with Gasteiger partial charge in [0.25, 0.3) is 0 Å². The molecule has 3 fully saturated rings. The molecule has 1 aromatic carbocycles. The Balaban J connectivity index is 0.000000153. The van der Waals surface area contributed by atoms with Crippen molar-refractivity contribution in [2.24, 2.45) is 0 Å². The van der Waals surface area contributed by atoms with E-state index in [4.69, 9.17) is 9.05 Å². The fourth-order valence-corrected chi connectivity index (χ4v) is 4.14. The Labute approximate surface area is 181 Å². The minimum atomic E-state index is -3.97. The van der Waals surface area contributed by atoms with Crippen LogP contribution in [-0.4, -0.2) is 76.5 Å². The van der Waals surface area contributed by atoms with Crippen molar-refractivity contribution in [3.05, 3.63) is 53.5 Å². The lowest BCUT2D eigenvalue weighted by molar-refractivity contribution is -0.117. The minimum Gasteiger partial charge on any atom is -0.404 e. The topological polar surface area (TPSA) is 98.9 Å². The van der Waals surface area contributed by atoms with Crippen LogP contribution in [0.4, 0.5) is 0 Å². The molecular weight excluding hydrogens is 421 g/mol. The fraction of sp³-hybridized carbons (Fsp3) is 0.429. The first-order valence-electron chi connectivity index (χ1n) is 10.3. The van der Waals surface area contributed by atoms with Crippen LogP contribution in [-0.2, 0) is 18.7 Å². The second-order valence-corrected chi connectivity index (χ2v) is 9.24. The van der Waals surface area contributed by atoms with Crippen LogP contribution in [0.5, 0.6) is 5.75 Å². The number of Topliss-reactive ketones (excluding diaryl/α,β-unsaturated/α-hetero) is 1. The highest BCUT2D eigenvalue weighted by molar-refractivity contribution is 7.47. The molecule has 4 aliphatic rings. The zero-order valence-corrected chi connectivity index (χ0v) is 18.5. The molecular formula is C21H26N3O6P. The van der Waals surface area contributed by atoms with Crippen LogP contribution in [0.15, 0.2) is 53.5 Å². The molecule has 1 N–H and O–H groups in total. The van der Waals surface area contributed by atoms with Gasteiger partial charge in [-0.2, -0.15) is 0 Å². The largest absolute Gasteiger partial charge is 0.527 e. The number of nitrogens with zero attached hydrogens (tertiary/aromatic N) is 3. The van der Waals surface area contributed by atoms with Gasteiger partial charge < -0.3 is 19.2 Å². The van der Waals surface area contributed by atoms with Gasteiger partial charge in [-0.05, 0) is 26.0 Å². The van der Waals surface area contributed by atoms with Crippen molar-refractivity contribution in [1.29, 1.82) is 0 Å². The zero-order valence-electron chi connectivity index (χ0n) is 17.6. The average molecular weight is 447 g/mol. The molecule has 0 spiro atoms. The zero-order chi connectivity index (χ0) is 22.2. The summed E-state index contributed by atoms with van der Waals surface area (Å²) in [5.41, 5.74) is 1.89. The summed E-state index contributed by atoms with van der Waals surface area (Å²) in [6, 6.07) is 8.40. The summed E-state index contributed by atoms with van der Waals surface area (Å²) in [7, 11) is -3.97.